The van der Waals surface area contributed by atoms with Crippen LogP contribution in [0, 0.1) is 22.0 Å². The number of non-ortho nitro benzene ring substituents is 1. The average molecular weight is 579 g/mol. The Morgan fingerprint density at radius 1 is 0.946 bits per heavy atom. The van der Waals surface area contributed by atoms with Crippen LogP contribution in [0.15, 0.2) is 77.3 Å². The first-order valence-electron chi connectivity index (χ1n) is 11.4. The molecule has 37 heavy (non-hydrogen) atoms. The van der Waals surface area contributed by atoms with Crippen molar-refractivity contribution in [1.82, 2.24) is 0 Å². The summed E-state index contributed by atoms with van der Waals surface area (Å²) in [4.78, 5) is 55.1. The number of carbonyl (C=O) groups excluding carboxylic acids is 3. The quantitative estimate of drug-likeness (QED) is 0.181. The molecule has 3 heterocycles. The molecular weight excluding hydrogens is 562 g/mol. The number of Topliss-reactive ketones (excluding diaryl/α,β-unsaturated/α-hetero) is 1. The Balaban J connectivity index is 1.47. The van der Waals surface area contributed by atoms with E-state index in [0.717, 1.165) is 14.9 Å². The zero-order valence-electron chi connectivity index (χ0n) is 19.0. The fourth-order valence-corrected chi connectivity index (χ4v) is 6.02. The topological polar surface area (TPSA) is 101 Å². The standard InChI is InChI=1S/C27H17BrClN3O5/c28-16-5-1-15(2-6-16)25(33)24-23-22(20-12-4-14-3-7-17(29)13-21(14)31(20)24)26(34)30(27(23)35)18-8-10-19(11-9-18)32(36)37/h1-13,20,22-24H/t20-,22-,23-,24+/m1/s1. The van der Waals surface area contributed by atoms with E-state index in [9.17, 15) is 24.5 Å². The molecule has 3 aliphatic heterocycles. The first kappa shape index (κ1) is 23.6. The molecule has 3 aromatic rings. The van der Waals surface area contributed by atoms with Crippen molar-refractivity contribution in [3.05, 3.63) is 104 Å². The second-order valence-electron chi connectivity index (χ2n) is 9.11. The van der Waals surface area contributed by atoms with E-state index in [1.54, 1.807) is 36.4 Å². The molecule has 8 nitrogen and oxygen atoms in total. The van der Waals surface area contributed by atoms with Crippen molar-refractivity contribution in [2.45, 2.75) is 12.1 Å². The molecule has 0 unspecified atom stereocenters. The van der Waals surface area contributed by atoms with E-state index in [4.69, 9.17) is 11.6 Å². The molecule has 6 rings (SSSR count). The molecule has 10 heteroatoms. The lowest BCUT2D eigenvalue weighted by molar-refractivity contribution is -0.384. The SMILES string of the molecule is O=C(c1ccc(Br)cc1)[C@@H]1[C@@H]2C(=O)N(c3ccc([N+](=O)[O-])cc3)C(=O)[C@@H]2[C@H]2C=Cc3ccc(Cl)cc3N21. The Bertz CT molecular complexity index is 1520. The van der Waals surface area contributed by atoms with E-state index in [1.165, 1.54) is 24.3 Å². The molecule has 2 saturated heterocycles. The minimum Gasteiger partial charge on any atom is -0.352 e. The number of nitro benzene ring substituents is 1. The van der Waals surface area contributed by atoms with Gasteiger partial charge in [-0.1, -0.05) is 57.9 Å². The van der Waals surface area contributed by atoms with E-state index < -0.39 is 40.7 Å². The Kier molecular flexibility index (Phi) is 5.50. The van der Waals surface area contributed by atoms with Crippen molar-refractivity contribution in [3.8, 4) is 0 Å². The van der Waals surface area contributed by atoms with Crippen molar-refractivity contribution in [2.24, 2.45) is 11.8 Å². The van der Waals surface area contributed by atoms with E-state index in [1.807, 2.05) is 23.1 Å². The summed E-state index contributed by atoms with van der Waals surface area (Å²) >= 11 is 9.69. The molecule has 0 radical (unpaired) electrons. The monoisotopic (exact) mass is 577 g/mol. The Hall–Kier alpha value is -3.82. The second-order valence-corrected chi connectivity index (χ2v) is 10.5. The predicted octanol–water partition coefficient (Wildman–Crippen LogP) is 5.28. The van der Waals surface area contributed by atoms with Crippen molar-refractivity contribution in [2.75, 3.05) is 9.80 Å². The Labute approximate surface area is 224 Å². The van der Waals surface area contributed by atoms with Crippen LogP contribution in [0.4, 0.5) is 17.1 Å². The summed E-state index contributed by atoms with van der Waals surface area (Å²) < 4.78 is 0.806. The highest BCUT2D eigenvalue weighted by molar-refractivity contribution is 9.10. The van der Waals surface area contributed by atoms with E-state index in [0.29, 0.717) is 16.3 Å². The van der Waals surface area contributed by atoms with Gasteiger partial charge in [0, 0.05) is 32.9 Å². The average Bonchev–Trinajstić information content (AvgIpc) is 3.36. The molecule has 0 aliphatic carbocycles. The summed E-state index contributed by atoms with van der Waals surface area (Å²) in [7, 11) is 0. The summed E-state index contributed by atoms with van der Waals surface area (Å²) in [5.74, 6) is -2.99. The van der Waals surface area contributed by atoms with Crippen LogP contribution >= 0.6 is 27.5 Å². The fourth-order valence-electron chi connectivity index (χ4n) is 5.59. The normalized spacial score (nSPS) is 23.6. The number of carbonyl (C=O) groups is 3. The summed E-state index contributed by atoms with van der Waals surface area (Å²) in [6.45, 7) is 0. The first-order chi connectivity index (χ1) is 17.8. The van der Waals surface area contributed by atoms with Gasteiger partial charge in [-0.05, 0) is 42.0 Å². The zero-order valence-corrected chi connectivity index (χ0v) is 21.3. The van der Waals surface area contributed by atoms with Crippen molar-refractivity contribution in [3.63, 3.8) is 0 Å². The summed E-state index contributed by atoms with van der Waals surface area (Å²) in [6.07, 6.45) is 3.73. The molecule has 0 aromatic heterocycles. The number of halogens is 2. The van der Waals surface area contributed by atoms with Crippen LogP contribution in [-0.2, 0) is 9.59 Å². The zero-order chi connectivity index (χ0) is 26.0. The number of nitro groups is 1. The van der Waals surface area contributed by atoms with Crippen LogP contribution in [0.2, 0.25) is 5.02 Å². The third-order valence-electron chi connectivity index (χ3n) is 7.19. The molecule has 0 N–H and O–H groups in total. The molecule has 2 fully saturated rings. The molecule has 184 valence electrons. The van der Waals surface area contributed by atoms with Gasteiger partial charge in [0.2, 0.25) is 11.8 Å². The molecule has 2 amide bonds. The highest BCUT2D eigenvalue weighted by Gasteiger charge is 2.64. The van der Waals surface area contributed by atoms with Crippen molar-refractivity contribution < 1.29 is 19.3 Å². The summed E-state index contributed by atoms with van der Waals surface area (Å²) in [5, 5.41) is 11.5. The van der Waals surface area contributed by atoms with Gasteiger partial charge in [0.15, 0.2) is 5.78 Å². The Morgan fingerprint density at radius 2 is 1.62 bits per heavy atom. The van der Waals surface area contributed by atoms with Crippen LogP contribution in [-0.4, -0.2) is 34.6 Å². The number of anilines is 2. The lowest BCUT2D eigenvalue weighted by Gasteiger charge is -2.36. The predicted molar refractivity (Wildman–Crippen MR) is 142 cm³/mol. The second kappa shape index (κ2) is 8.64. The number of benzene rings is 3. The van der Waals surface area contributed by atoms with Gasteiger partial charge in [-0.15, -0.1) is 0 Å². The van der Waals surface area contributed by atoms with E-state index in [-0.39, 0.29) is 17.2 Å². The number of ketones is 1. The van der Waals surface area contributed by atoms with Gasteiger partial charge in [-0.2, -0.15) is 0 Å². The maximum atomic E-state index is 14.0. The molecule has 0 saturated carbocycles. The van der Waals surface area contributed by atoms with Crippen molar-refractivity contribution >= 4 is 68.3 Å². The number of hydrogen-bond acceptors (Lipinski definition) is 6. The van der Waals surface area contributed by atoms with Crippen molar-refractivity contribution in [1.29, 1.82) is 0 Å². The molecular formula is C27H17BrClN3O5. The number of amides is 2. The number of rotatable bonds is 4. The smallest absolute Gasteiger partial charge is 0.269 e. The first-order valence-corrected chi connectivity index (χ1v) is 12.6. The third kappa shape index (κ3) is 3.60. The lowest BCUT2D eigenvalue weighted by Crippen LogP contribution is -2.48. The molecule has 0 spiro atoms. The van der Waals surface area contributed by atoms with Crippen LogP contribution < -0.4 is 9.80 Å². The number of nitrogens with zero attached hydrogens (tertiary/aromatic N) is 3. The maximum Gasteiger partial charge on any atom is 0.269 e. The van der Waals surface area contributed by atoms with Crippen LogP contribution in [0.3, 0.4) is 0 Å². The minimum absolute atomic E-state index is 0.152. The van der Waals surface area contributed by atoms with Gasteiger partial charge in [-0.25, -0.2) is 4.90 Å². The van der Waals surface area contributed by atoms with Crippen LogP contribution in [0.25, 0.3) is 6.08 Å². The van der Waals surface area contributed by atoms with E-state index >= 15 is 0 Å². The van der Waals surface area contributed by atoms with Gasteiger partial charge in [0.25, 0.3) is 5.69 Å². The molecule has 4 atom stereocenters. The fraction of sp³-hybridized carbons (Fsp3) is 0.148. The van der Waals surface area contributed by atoms with Crippen LogP contribution in [0.5, 0.6) is 0 Å². The molecule has 3 aromatic carbocycles. The minimum atomic E-state index is -0.946. The third-order valence-corrected chi connectivity index (χ3v) is 7.95. The Morgan fingerprint density at radius 3 is 2.30 bits per heavy atom. The highest BCUT2D eigenvalue weighted by atomic mass is 79.9. The number of imide groups is 1. The van der Waals surface area contributed by atoms with Gasteiger partial charge in [-0.3, -0.25) is 24.5 Å². The maximum absolute atomic E-state index is 14.0. The van der Waals surface area contributed by atoms with Gasteiger partial charge < -0.3 is 4.90 Å². The van der Waals surface area contributed by atoms with Crippen LogP contribution in [0.1, 0.15) is 15.9 Å². The number of fused-ring (bicyclic) bond motifs is 5. The number of hydrogen-bond donors (Lipinski definition) is 0. The largest absolute Gasteiger partial charge is 0.352 e. The summed E-state index contributed by atoms with van der Waals surface area (Å²) in [5.41, 5.74) is 2.02. The molecule has 3 aliphatic rings. The van der Waals surface area contributed by atoms with E-state index in [2.05, 4.69) is 15.9 Å². The highest BCUT2D eigenvalue weighted by Crippen LogP contribution is 2.50. The summed E-state index contributed by atoms with van der Waals surface area (Å²) in [6, 6.07) is 16.0. The van der Waals surface area contributed by atoms with Gasteiger partial charge >= 0.3 is 0 Å². The lowest BCUT2D eigenvalue weighted by atomic mass is 9.86. The van der Waals surface area contributed by atoms with Gasteiger partial charge in [0.05, 0.1) is 28.5 Å². The molecule has 0 bridgehead atoms. The van der Waals surface area contributed by atoms with Gasteiger partial charge in [0.1, 0.15) is 6.04 Å².